The summed E-state index contributed by atoms with van der Waals surface area (Å²) in [4.78, 5) is 0. The zero-order chi connectivity index (χ0) is 15.0. The Labute approximate surface area is 127 Å². The van der Waals surface area contributed by atoms with Crippen LogP contribution >= 0.6 is 11.6 Å². The van der Waals surface area contributed by atoms with Gasteiger partial charge in [0.15, 0.2) is 11.5 Å². The molecule has 1 rings (SSSR count). The molecule has 0 saturated heterocycles. The molecule has 0 aliphatic heterocycles. The number of unbranched alkanes of at least 4 members (excludes halogenated alkanes) is 3. The van der Waals surface area contributed by atoms with Crippen molar-refractivity contribution in [3.63, 3.8) is 0 Å². The largest absolute Gasteiger partial charge is 0.493 e. The Balaban J connectivity index is 2.78. The molecule has 1 aromatic rings. The van der Waals surface area contributed by atoms with E-state index in [0.717, 1.165) is 24.2 Å². The third-order valence-electron chi connectivity index (χ3n) is 3.10. The van der Waals surface area contributed by atoms with Crippen molar-refractivity contribution in [2.45, 2.75) is 52.0 Å². The number of hydrogen-bond donors (Lipinski definition) is 1. The molecular weight excluding hydrogens is 274 g/mol. The minimum atomic E-state index is 0.0561. The van der Waals surface area contributed by atoms with Crippen molar-refractivity contribution in [3.8, 4) is 11.5 Å². The van der Waals surface area contributed by atoms with E-state index in [1.54, 1.807) is 13.2 Å². The topological polar surface area (TPSA) is 44.5 Å². The van der Waals surface area contributed by atoms with Gasteiger partial charge in [0.05, 0.1) is 13.7 Å². The summed E-state index contributed by atoms with van der Waals surface area (Å²) in [5.74, 6) is 1.47. The van der Waals surface area contributed by atoms with E-state index >= 15 is 0 Å². The van der Waals surface area contributed by atoms with E-state index in [-0.39, 0.29) is 6.04 Å². The van der Waals surface area contributed by atoms with Gasteiger partial charge < -0.3 is 15.2 Å². The van der Waals surface area contributed by atoms with Crippen LogP contribution < -0.4 is 15.2 Å². The molecule has 0 bridgehead atoms. The average Bonchev–Trinajstić information content (AvgIpc) is 2.39. The van der Waals surface area contributed by atoms with Crippen molar-refractivity contribution < 1.29 is 9.47 Å². The Bertz CT molecular complexity index is 408. The molecule has 0 amide bonds. The lowest BCUT2D eigenvalue weighted by Crippen LogP contribution is -2.18. The van der Waals surface area contributed by atoms with E-state index in [2.05, 4.69) is 6.92 Å². The van der Waals surface area contributed by atoms with Gasteiger partial charge in [0.2, 0.25) is 0 Å². The Morgan fingerprint density at radius 3 is 2.60 bits per heavy atom. The van der Waals surface area contributed by atoms with Crippen molar-refractivity contribution in [1.82, 2.24) is 0 Å². The number of nitrogens with two attached hydrogens (primary N) is 1. The van der Waals surface area contributed by atoms with E-state index in [0.29, 0.717) is 17.4 Å². The fourth-order valence-corrected chi connectivity index (χ4v) is 2.37. The molecule has 1 unspecified atom stereocenters. The second kappa shape index (κ2) is 9.09. The molecule has 0 aromatic heterocycles. The number of hydrogen-bond acceptors (Lipinski definition) is 3. The van der Waals surface area contributed by atoms with Crippen molar-refractivity contribution in [2.24, 2.45) is 5.73 Å². The van der Waals surface area contributed by atoms with E-state index in [1.165, 1.54) is 19.3 Å². The first-order chi connectivity index (χ1) is 9.58. The van der Waals surface area contributed by atoms with Gasteiger partial charge in [-0.1, -0.05) is 37.8 Å². The molecular formula is C16H26ClNO2. The lowest BCUT2D eigenvalue weighted by Gasteiger charge is -2.17. The zero-order valence-corrected chi connectivity index (χ0v) is 13.5. The molecule has 20 heavy (non-hydrogen) atoms. The summed E-state index contributed by atoms with van der Waals surface area (Å²) < 4.78 is 11.3. The van der Waals surface area contributed by atoms with Gasteiger partial charge in [0.25, 0.3) is 0 Å². The fourth-order valence-electron chi connectivity index (χ4n) is 2.14. The van der Waals surface area contributed by atoms with Gasteiger partial charge in [-0.25, -0.2) is 0 Å². The summed E-state index contributed by atoms with van der Waals surface area (Å²) in [6.45, 7) is 4.87. The fraction of sp³-hybridized carbons (Fsp3) is 0.625. The Morgan fingerprint density at radius 1 is 1.25 bits per heavy atom. The molecule has 114 valence electrons. The van der Waals surface area contributed by atoms with Crippen LogP contribution in [0.2, 0.25) is 5.02 Å². The van der Waals surface area contributed by atoms with Gasteiger partial charge in [-0.2, -0.15) is 0 Å². The molecule has 0 saturated carbocycles. The molecule has 4 heteroatoms. The molecule has 0 fully saturated rings. The Morgan fingerprint density at radius 2 is 2.00 bits per heavy atom. The van der Waals surface area contributed by atoms with E-state index < -0.39 is 0 Å². The SMILES string of the molecule is CCCCCCOc1c(CC(C)N)cc(Cl)cc1OC. The normalized spacial score (nSPS) is 12.2. The zero-order valence-electron chi connectivity index (χ0n) is 12.7. The highest BCUT2D eigenvalue weighted by Gasteiger charge is 2.14. The summed E-state index contributed by atoms with van der Waals surface area (Å²) in [5.41, 5.74) is 6.90. The summed E-state index contributed by atoms with van der Waals surface area (Å²) in [6.07, 6.45) is 5.43. The summed E-state index contributed by atoms with van der Waals surface area (Å²) >= 11 is 6.11. The van der Waals surface area contributed by atoms with Crippen LogP contribution in [0, 0.1) is 0 Å². The first-order valence-electron chi connectivity index (χ1n) is 7.33. The predicted molar refractivity (Wildman–Crippen MR) is 85.0 cm³/mol. The summed E-state index contributed by atoms with van der Waals surface area (Å²) in [7, 11) is 1.63. The van der Waals surface area contributed by atoms with E-state index in [1.807, 2.05) is 13.0 Å². The number of benzene rings is 1. The van der Waals surface area contributed by atoms with Crippen LogP contribution in [0.3, 0.4) is 0 Å². The van der Waals surface area contributed by atoms with Gasteiger partial charge in [-0.3, -0.25) is 0 Å². The predicted octanol–water partition coefficient (Wildman–Crippen LogP) is 4.20. The minimum absolute atomic E-state index is 0.0561. The molecule has 0 radical (unpaired) electrons. The highest BCUT2D eigenvalue weighted by Crippen LogP contribution is 2.35. The monoisotopic (exact) mass is 299 g/mol. The number of ether oxygens (including phenoxy) is 2. The van der Waals surface area contributed by atoms with Crippen molar-refractivity contribution >= 4 is 11.6 Å². The smallest absolute Gasteiger partial charge is 0.164 e. The Hall–Kier alpha value is -0.930. The highest BCUT2D eigenvalue weighted by molar-refractivity contribution is 6.30. The maximum absolute atomic E-state index is 6.11. The van der Waals surface area contributed by atoms with Crippen LogP contribution in [0.15, 0.2) is 12.1 Å². The highest BCUT2D eigenvalue weighted by atomic mass is 35.5. The third-order valence-corrected chi connectivity index (χ3v) is 3.32. The summed E-state index contributed by atoms with van der Waals surface area (Å²) in [6, 6.07) is 3.75. The standard InChI is InChI=1S/C16H26ClNO2/c1-4-5-6-7-8-20-16-13(9-12(2)18)10-14(17)11-15(16)19-3/h10-12H,4-9,18H2,1-3H3. The van der Waals surface area contributed by atoms with Gasteiger partial charge in [0.1, 0.15) is 0 Å². The lowest BCUT2D eigenvalue weighted by atomic mass is 10.1. The Kier molecular flexibility index (Phi) is 7.78. The second-order valence-corrected chi connectivity index (χ2v) is 5.62. The minimum Gasteiger partial charge on any atom is -0.493 e. The lowest BCUT2D eigenvalue weighted by molar-refractivity contribution is 0.282. The van der Waals surface area contributed by atoms with E-state index in [4.69, 9.17) is 26.8 Å². The van der Waals surface area contributed by atoms with E-state index in [9.17, 15) is 0 Å². The van der Waals surface area contributed by atoms with Crippen molar-refractivity contribution in [3.05, 3.63) is 22.7 Å². The van der Waals surface area contributed by atoms with Crippen LogP contribution in [0.4, 0.5) is 0 Å². The number of halogens is 1. The molecule has 2 N–H and O–H groups in total. The number of methoxy groups -OCH3 is 1. The van der Waals surface area contributed by atoms with Crippen molar-refractivity contribution in [1.29, 1.82) is 0 Å². The van der Waals surface area contributed by atoms with Gasteiger partial charge >= 0.3 is 0 Å². The molecule has 0 aliphatic carbocycles. The quantitative estimate of drug-likeness (QED) is 0.695. The van der Waals surface area contributed by atoms with Crippen LogP contribution in [0.25, 0.3) is 0 Å². The first-order valence-corrected chi connectivity index (χ1v) is 7.71. The molecule has 3 nitrogen and oxygen atoms in total. The molecule has 1 aromatic carbocycles. The van der Waals surface area contributed by atoms with Gasteiger partial charge in [0, 0.05) is 22.7 Å². The molecule has 0 heterocycles. The van der Waals surface area contributed by atoms with Crippen LogP contribution in [0.5, 0.6) is 11.5 Å². The van der Waals surface area contributed by atoms with Crippen LogP contribution in [-0.4, -0.2) is 19.8 Å². The first kappa shape index (κ1) is 17.1. The molecule has 0 aliphatic rings. The van der Waals surface area contributed by atoms with Crippen molar-refractivity contribution in [2.75, 3.05) is 13.7 Å². The maximum Gasteiger partial charge on any atom is 0.164 e. The second-order valence-electron chi connectivity index (χ2n) is 5.19. The van der Waals surface area contributed by atoms with Crippen LogP contribution in [0.1, 0.15) is 45.1 Å². The third kappa shape index (κ3) is 5.59. The number of rotatable bonds is 9. The van der Waals surface area contributed by atoms with Gasteiger partial charge in [-0.05, 0) is 25.8 Å². The summed E-state index contributed by atoms with van der Waals surface area (Å²) in [5, 5.41) is 0.649. The molecule has 1 atom stereocenters. The maximum atomic E-state index is 6.11. The van der Waals surface area contributed by atoms with Crippen LogP contribution in [-0.2, 0) is 6.42 Å². The van der Waals surface area contributed by atoms with Gasteiger partial charge in [-0.15, -0.1) is 0 Å². The average molecular weight is 300 g/mol. The molecule has 0 spiro atoms.